The summed E-state index contributed by atoms with van der Waals surface area (Å²) in [6.45, 7) is 5.46. The number of alkyl halides is 1. The van der Waals surface area contributed by atoms with Crippen molar-refractivity contribution in [2.24, 2.45) is 4.99 Å². The molecule has 4 heterocycles. The maximum atomic E-state index is 14.0. The van der Waals surface area contributed by atoms with E-state index in [1.54, 1.807) is 18.5 Å². The van der Waals surface area contributed by atoms with Crippen LogP contribution in [0, 0.1) is 5.82 Å². The van der Waals surface area contributed by atoms with Crippen LogP contribution >= 0.6 is 0 Å². The minimum atomic E-state index is -1.06. The molecular weight excluding hydrogens is 350 g/mol. The number of hydrogen-bond donors (Lipinski definition) is 1. The topological polar surface area (TPSA) is 47.0 Å². The largest absolute Gasteiger partial charge is 0.357 e. The number of hydrazine groups is 1. The summed E-state index contributed by atoms with van der Waals surface area (Å²) in [4.78, 5) is 12.7. The van der Waals surface area contributed by atoms with Gasteiger partial charge in [-0.25, -0.2) is 19.2 Å². The SMILES string of the molecule is CC(F)C1=NC=C(CN2CCN3NC(c4ncccc4F)C=C3C2)CN1C. The van der Waals surface area contributed by atoms with Gasteiger partial charge in [0.2, 0.25) is 0 Å². The summed E-state index contributed by atoms with van der Waals surface area (Å²) in [6, 6.07) is 2.80. The van der Waals surface area contributed by atoms with Gasteiger partial charge in [0.25, 0.3) is 0 Å². The molecule has 1 fully saturated rings. The second-order valence-corrected chi connectivity index (χ2v) is 7.24. The number of aromatic nitrogens is 1. The normalized spacial score (nSPS) is 24.3. The van der Waals surface area contributed by atoms with Crippen molar-refractivity contribution in [2.45, 2.75) is 19.1 Å². The Morgan fingerprint density at radius 3 is 2.93 bits per heavy atom. The Hall–Kier alpha value is -2.32. The smallest absolute Gasteiger partial charge is 0.155 e. The molecule has 3 aliphatic heterocycles. The van der Waals surface area contributed by atoms with Crippen molar-refractivity contribution < 1.29 is 8.78 Å². The number of nitrogens with zero attached hydrogens (tertiary/aromatic N) is 5. The Labute approximate surface area is 157 Å². The van der Waals surface area contributed by atoms with E-state index in [0.717, 1.165) is 37.4 Å². The van der Waals surface area contributed by atoms with Crippen molar-refractivity contribution in [1.82, 2.24) is 25.2 Å². The number of halogens is 2. The van der Waals surface area contributed by atoms with E-state index in [1.165, 1.54) is 13.0 Å². The fourth-order valence-electron chi connectivity index (χ4n) is 3.83. The molecule has 0 spiro atoms. The molecule has 0 radical (unpaired) electrons. The molecule has 8 heteroatoms. The summed E-state index contributed by atoms with van der Waals surface area (Å²) in [5, 5.41) is 2.08. The predicted molar refractivity (Wildman–Crippen MR) is 100 cm³/mol. The lowest BCUT2D eigenvalue weighted by Gasteiger charge is -2.36. The zero-order valence-corrected chi connectivity index (χ0v) is 15.6. The van der Waals surface area contributed by atoms with Crippen LogP contribution in [-0.4, -0.2) is 71.6 Å². The molecule has 2 atom stereocenters. The van der Waals surface area contributed by atoms with Crippen LogP contribution in [0.4, 0.5) is 8.78 Å². The predicted octanol–water partition coefficient (Wildman–Crippen LogP) is 1.87. The minimum Gasteiger partial charge on any atom is -0.357 e. The lowest BCUT2D eigenvalue weighted by atomic mass is 10.1. The summed E-state index contributed by atoms with van der Waals surface area (Å²) >= 11 is 0. The molecule has 0 saturated carbocycles. The summed E-state index contributed by atoms with van der Waals surface area (Å²) in [7, 11) is 1.87. The van der Waals surface area contributed by atoms with Crippen LogP contribution in [0.15, 0.2) is 46.9 Å². The molecular formula is C19H24F2N6. The van der Waals surface area contributed by atoms with Gasteiger partial charge in [0, 0.05) is 57.9 Å². The summed E-state index contributed by atoms with van der Waals surface area (Å²) in [5.41, 5.74) is 6.03. The molecule has 27 heavy (non-hydrogen) atoms. The van der Waals surface area contributed by atoms with Crippen LogP contribution in [-0.2, 0) is 0 Å². The molecule has 4 rings (SSSR count). The molecule has 144 valence electrons. The number of piperazine rings is 1. The van der Waals surface area contributed by atoms with Gasteiger partial charge in [0.15, 0.2) is 6.17 Å². The zero-order valence-electron chi connectivity index (χ0n) is 15.6. The summed E-state index contributed by atoms with van der Waals surface area (Å²) in [6.07, 6.45) is 4.39. The average Bonchev–Trinajstić information content (AvgIpc) is 3.05. The molecule has 1 aromatic heterocycles. The van der Waals surface area contributed by atoms with Crippen molar-refractivity contribution in [2.75, 3.05) is 39.8 Å². The van der Waals surface area contributed by atoms with Crippen LogP contribution in [0.3, 0.4) is 0 Å². The lowest BCUT2D eigenvalue weighted by molar-refractivity contribution is 0.149. The van der Waals surface area contributed by atoms with E-state index >= 15 is 0 Å². The van der Waals surface area contributed by atoms with Gasteiger partial charge in [0.1, 0.15) is 11.7 Å². The van der Waals surface area contributed by atoms with Crippen molar-refractivity contribution >= 4 is 5.84 Å². The van der Waals surface area contributed by atoms with Gasteiger partial charge in [-0.15, -0.1) is 0 Å². The van der Waals surface area contributed by atoms with E-state index in [2.05, 4.69) is 25.3 Å². The van der Waals surface area contributed by atoms with Gasteiger partial charge in [-0.3, -0.25) is 9.88 Å². The molecule has 3 aliphatic rings. The molecule has 0 bridgehead atoms. The standard InChI is InChI=1S/C19H24F2N6/c1-13(20)19-23-9-14(10-25(19)2)11-26-6-7-27-15(12-26)8-17(24-27)18-16(21)4-3-5-22-18/h3-5,8-9,13,17,24H,6-7,10-12H2,1-2H3. The third kappa shape index (κ3) is 3.72. The van der Waals surface area contributed by atoms with Crippen molar-refractivity contribution in [3.63, 3.8) is 0 Å². The van der Waals surface area contributed by atoms with E-state index in [0.29, 0.717) is 18.1 Å². The minimum absolute atomic E-state index is 0.237. The molecule has 1 saturated heterocycles. The average molecular weight is 374 g/mol. The first-order valence-electron chi connectivity index (χ1n) is 9.19. The van der Waals surface area contributed by atoms with Gasteiger partial charge < -0.3 is 9.91 Å². The van der Waals surface area contributed by atoms with E-state index in [1.807, 2.05) is 18.0 Å². The first-order valence-corrected chi connectivity index (χ1v) is 9.19. The Bertz CT molecular complexity index is 803. The molecule has 2 unspecified atom stereocenters. The van der Waals surface area contributed by atoms with Gasteiger partial charge >= 0.3 is 0 Å². The highest BCUT2D eigenvalue weighted by molar-refractivity contribution is 5.87. The highest BCUT2D eigenvalue weighted by Gasteiger charge is 2.31. The Morgan fingerprint density at radius 2 is 2.19 bits per heavy atom. The monoisotopic (exact) mass is 374 g/mol. The second-order valence-electron chi connectivity index (χ2n) is 7.24. The Morgan fingerprint density at radius 1 is 1.33 bits per heavy atom. The van der Waals surface area contributed by atoms with Gasteiger partial charge in [-0.1, -0.05) is 0 Å². The number of rotatable bonds is 4. The molecule has 6 nitrogen and oxygen atoms in total. The fourth-order valence-corrected chi connectivity index (χ4v) is 3.83. The third-order valence-corrected chi connectivity index (χ3v) is 5.10. The quantitative estimate of drug-likeness (QED) is 0.872. The number of nitrogens with one attached hydrogen (secondary N) is 1. The lowest BCUT2D eigenvalue weighted by Crippen LogP contribution is -2.48. The third-order valence-electron chi connectivity index (χ3n) is 5.10. The summed E-state index contributed by atoms with van der Waals surface area (Å²) < 4.78 is 27.5. The van der Waals surface area contributed by atoms with Crippen LogP contribution < -0.4 is 5.43 Å². The molecule has 1 N–H and O–H groups in total. The summed E-state index contributed by atoms with van der Waals surface area (Å²) in [5.74, 6) is 0.182. The number of likely N-dealkylation sites (N-methyl/N-ethyl adjacent to an activating group) is 1. The highest BCUT2D eigenvalue weighted by Crippen LogP contribution is 2.27. The van der Waals surface area contributed by atoms with Crippen molar-refractivity contribution in [1.29, 1.82) is 0 Å². The number of fused-ring (bicyclic) bond motifs is 1. The van der Waals surface area contributed by atoms with Crippen LogP contribution in [0.5, 0.6) is 0 Å². The second kappa shape index (κ2) is 7.36. The van der Waals surface area contributed by atoms with Crippen molar-refractivity contribution in [3.8, 4) is 0 Å². The molecule has 1 aromatic rings. The maximum Gasteiger partial charge on any atom is 0.155 e. The zero-order chi connectivity index (χ0) is 19.0. The molecule has 0 aromatic carbocycles. The maximum absolute atomic E-state index is 14.0. The Kier molecular flexibility index (Phi) is 4.92. The van der Waals surface area contributed by atoms with Gasteiger partial charge in [0.05, 0.1) is 11.7 Å². The number of aliphatic imine (C=N–C) groups is 1. The van der Waals surface area contributed by atoms with E-state index in [9.17, 15) is 8.78 Å². The highest BCUT2D eigenvalue weighted by atomic mass is 19.1. The van der Waals surface area contributed by atoms with E-state index in [-0.39, 0.29) is 11.9 Å². The number of hydrogen-bond acceptors (Lipinski definition) is 6. The van der Waals surface area contributed by atoms with Crippen molar-refractivity contribution in [3.05, 3.63) is 53.4 Å². The van der Waals surface area contributed by atoms with Crippen LogP contribution in [0.2, 0.25) is 0 Å². The fraction of sp³-hybridized carbons (Fsp3) is 0.474. The first kappa shape index (κ1) is 18.1. The van der Waals surface area contributed by atoms with Gasteiger partial charge in [-0.2, -0.15) is 0 Å². The number of pyridine rings is 1. The molecule has 0 aliphatic carbocycles. The van der Waals surface area contributed by atoms with E-state index in [4.69, 9.17) is 0 Å². The van der Waals surface area contributed by atoms with Crippen LogP contribution in [0.25, 0.3) is 0 Å². The van der Waals surface area contributed by atoms with Gasteiger partial charge in [-0.05, 0) is 30.7 Å². The van der Waals surface area contributed by atoms with Crippen LogP contribution in [0.1, 0.15) is 18.7 Å². The molecule has 0 amide bonds. The Balaban J connectivity index is 1.42. The number of amidine groups is 1. The van der Waals surface area contributed by atoms with E-state index < -0.39 is 6.17 Å². The first-order chi connectivity index (χ1) is 13.0.